The van der Waals surface area contributed by atoms with E-state index in [1.807, 2.05) is 17.0 Å². The van der Waals surface area contributed by atoms with E-state index < -0.39 is 0 Å². The first-order valence-electron chi connectivity index (χ1n) is 4.76. The van der Waals surface area contributed by atoms with Crippen LogP contribution >= 0.6 is 22.7 Å². The van der Waals surface area contributed by atoms with Crippen LogP contribution in [0.4, 0.5) is 5.69 Å². The maximum Gasteiger partial charge on any atom is 0.0794 e. The third-order valence-electron chi connectivity index (χ3n) is 2.11. The van der Waals surface area contributed by atoms with E-state index in [1.165, 1.54) is 4.88 Å². The van der Waals surface area contributed by atoms with Crippen LogP contribution in [-0.2, 0) is 13.0 Å². The molecule has 2 aromatic rings. The van der Waals surface area contributed by atoms with Crippen molar-refractivity contribution in [2.75, 3.05) is 12.3 Å². The lowest BCUT2D eigenvalue weighted by molar-refractivity contribution is 0.689. The van der Waals surface area contributed by atoms with E-state index in [-0.39, 0.29) is 0 Å². The van der Waals surface area contributed by atoms with E-state index >= 15 is 0 Å². The SMILES string of the molecule is Nc1ccsc1CNCCc1cscn1. The van der Waals surface area contributed by atoms with Gasteiger partial charge in [-0.05, 0) is 11.4 Å². The summed E-state index contributed by atoms with van der Waals surface area (Å²) in [6, 6.07) is 1.95. The molecule has 2 heterocycles. The number of nitrogens with zero attached hydrogens (tertiary/aromatic N) is 1. The molecule has 0 saturated carbocycles. The van der Waals surface area contributed by atoms with Crippen molar-refractivity contribution in [1.82, 2.24) is 10.3 Å². The quantitative estimate of drug-likeness (QED) is 0.786. The van der Waals surface area contributed by atoms with Crippen molar-refractivity contribution in [3.8, 4) is 0 Å². The molecule has 15 heavy (non-hydrogen) atoms. The van der Waals surface area contributed by atoms with Gasteiger partial charge < -0.3 is 11.1 Å². The molecule has 3 nitrogen and oxygen atoms in total. The smallest absolute Gasteiger partial charge is 0.0794 e. The summed E-state index contributed by atoms with van der Waals surface area (Å²) in [7, 11) is 0. The lowest BCUT2D eigenvalue weighted by Crippen LogP contribution is -2.16. The molecule has 5 heteroatoms. The van der Waals surface area contributed by atoms with Crippen molar-refractivity contribution >= 4 is 28.4 Å². The lowest BCUT2D eigenvalue weighted by atomic mass is 10.3. The minimum Gasteiger partial charge on any atom is -0.398 e. The molecular formula is C10H13N3S2. The van der Waals surface area contributed by atoms with Crippen molar-refractivity contribution in [3.05, 3.63) is 32.9 Å². The fourth-order valence-corrected chi connectivity index (χ4v) is 2.63. The largest absolute Gasteiger partial charge is 0.398 e. The Bertz CT molecular complexity index is 394. The van der Waals surface area contributed by atoms with Crippen LogP contribution in [0, 0.1) is 0 Å². The van der Waals surface area contributed by atoms with Gasteiger partial charge in [-0.15, -0.1) is 22.7 Å². The topological polar surface area (TPSA) is 50.9 Å². The first kappa shape index (κ1) is 10.6. The van der Waals surface area contributed by atoms with E-state index in [1.54, 1.807) is 22.7 Å². The third kappa shape index (κ3) is 3.02. The molecule has 80 valence electrons. The number of nitrogens with one attached hydrogen (secondary N) is 1. The summed E-state index contributed by atoms with van der Waals surface area (Å²) in [5, 5.41) is 7.47. The summed E-state index contributed by atoms with van der Waals surface area (Å²) < 4.78 is 0. The molecule has 2 rings (SSSR count). The molecule has 0 bridgehead atoms. The van der Waals surface area contributed by atoms with Crippen LogP contribution in [0.2, 0.25) is 0 Å². The highest BCUT2D eigenvalue weighted by Crippen LogP contribution is 2.17. The second kappa shape index (κ2) is 5.25. The number of thiophene rings is 1. The Morgan fingerprint density at radius 3 is 3.07 bits per heavy atom. The fourth-order valence-electron chi connectivity index (χ4n) is 1.27. The van der Waals surface area contributed by atoms with Crippen molar-refractivity contribution < 1.29 is 0 Å². The summed E-state index contributed by atoms with van der Waals surface area (Å²) in [6.45, 7) is 1.80. The summed E-state index contributed by atoms with van der Waals surface area (Å²) in [5.74, 6) is 0. The predicted molar refractivity (Wildman–Crippen MR) is 66.3 cm³/mol. The average Bonchev–Trinajstić information content (AvgIpc) is 2.85. The highest BCUT2D eigenvalue weighted by molar-refractivity contribution is 7.10. The number of nitrogens with two attached hydrogens (primary N) is 1. The second-order valence-corrected chi connectivity index (χ2v) is 4.93. The molecular weight excluding hydrogens is 226 g/mol. The molecule has 2 aromatic heterocycles. The summed E-state index contributed by atoms with van der Waals surface area (Å²) in [6.07, 6.45) is 0.981. The molecule has 0 aliphatic rings. The van der Waals surface area contributed by atoms with Crippen LogP contribution < -0.4 is 11.1 Å². The minimum atomic E-state index is 0.855. The minimum absolute atomic E-state index is 0.855. The number of nitrogen functional groups attached to an aromatic ring is 1. The van der Waals surface area contributed by atoms with E-state index in [0.717, 1.165) is 30.9 Å². The molecule has 0 atom stereocenters. The number of anilines is 1. The first-order chi connectivity index (χ1) is 7.36. The van der Waals surface area contributed by atoms with E-state index in [2.05, 4.69) is 15.7 Å². The summed E-state index contributed by atoms with van der Waals surface area (Å²) in [4.78, 5) is 5.44. The molecule has 0 aromatic carbocycles. The van der Waals surface area contributed by atoms with Crippen molar-refractivity contribution in [2.24, 2.45) is 0 Å². The van der Waals surface area contributed by atoms with Crippen molar-refractivity contribution in [1.29, 1.82) is 0 Å². The highest BCUT2D eigenvalue weighted by Gasteiger charge is 1.99. The summed E-state index contributed by atoms with van der Waals surface area (Å²) in [5.41, 5.74) is 9.69. The lowest BCUT2D eigenvalue weighted by Gasteiger charge is -2.02. The Kier molecular flexibility index (Phi) is 3.71. The van der Waals surface area contributed by atoms with E-state index in [0.29, 0.717) is 0 Å². The number of hydrogen-bond donors (Lipinski definition) is 2. The van der Waals surface area contributed by atoms with Crippen LogP contribution in [-0.4, -0.2) is 11.5 Å². The van der Waals surface area contributed by atoms with Crippen molar-refractivity contribution in [2.45, 2.75) is 13.0 Å². The zero-order valence-corrected chi connectivity index (χ0v) is 9.90. The molecule has 0 spiro atoms. The third-order valence-corrected chi connectivity index (χ3v) is 3.68. The highest BCUT2D eigenvalue weighted by atomic mass is 32.1. The summed E-state index contributed by atoms with van der Waals surface area (Å²) >= 11 is 3.34. The Morgan fingerprint density at radius 1 is 1.47 bits per heavy atom. The zero-order valence-electron chi connectivity index (χ0n) is 8.27. The van der Waals surface area contributed by atoms with Crippen LogP contribution in [0.3, 0.4) is 0 Å². The monoisotopic (exact) mass is 239 g/mol. The number of rotatable bonds is 5. The number of aromatic nitrogens is 1. The predicted octanol–water partition coefficient (Wildman–Crippen LogP) is 2.12. The molecule has 0 fully saturated rings. The van der Waals surface area contributed by atoms with E-state index in [9.17, 15) is 0 Å². The molecule has 0 unspecified atom stereocenters. The Hall–Kier alpha value is -0.910. The first-order valence-corrected chi connectivity index (χ1v) is 6.58. The van der Waals surface area contributed by atoms with Crippen LogP contribution in [0.25, 0.3) is 0 Å². The van der Waals surface area contributed by atoms with Crippen LogP contribution in [0.1, 0.15) is 10.6 Å². The van der Waals surface area contributed by atoms with Gasteiger partial charge in [0.2, 0.25) is 0 Å². The van der Waals surface area contributed by atoms with E-state index in [4.69, 9.17) is 5.73 Å². The number of hydrogen-bond acceptors (Lipinski definition) is 5. The standard InChI is InChI=1S/C10H13N3S2/c11-9-2-4-15-10(9)5-12-3-1-8-6-14-7-13-8/h2,4,6-7,12H,1,3,5,11H2. The fraction of sp³-hybridized carbons (Fsp3) is 0.300. The van der Waals surface area contributed by atoms with Gasteiger partial charge in [0.1, 0.15) is 0 Å². The molecule has 0 radical (unpaired) electrons. The Morgan fingerprint density at radius 2 is 2.40 bits per heavy atom. The van der Waals surface area contributed by atoms with Gasteiger partial charge in [-0.3, -0.25) is 0 Å². The maximum absolute atomic E-state index is 5.78. The maximum atomic E-state index is 5.78. The second-order valence-electron chi connectivity index (χ2n) is 3.21. The van der Waals surface area contributed by atoms with Gasteiger partial charge in [0.25, 0.3) is 0 Å². The van der Waals surface area contributed by atoms with Gasteiger partial charge in [0.15, 0.2) is 0 Å². The van der Waals surface area contributed by atoms with Gasteiger partial charge in [-0.25, -0.2) is 4.98 Å². The van der Waals surface area contributed by atoms with Gasteiger partial charge >= 0.3 is 0 Å². The normalized spacial score (nSPS) is 10.7. The van der Waals surface area contributed by atoms with Crippen LogP contribution in [0.15, 0.2) is 22.3 Å². The van der Waals surface area contributed by atoms with Gasteiger partial charge in [-0.1, -0.05) is 0 Å². The molecule has 0 aliphatic heterocycles. The molecule has 0 aliphatic carbocycles. The molecule has 0 saturated heterocycles. The van der Waals surface area contributed by atoms with Gasteiger partial charge in [-0.2, -0.15) is 0 Å². The van der Waals surface area contributed by atoms with Crippen LogP contribution in [0.5, 0.6) is 0 Å². The molecule has 3 N–H and O–H groups in total. The zero-order chi connectivity index (χ0) is 10.5. The molecule has 0 amide bonds. The van der Waals surface area contributed by atoms with Gasteiger partial charge in [0, 0.05) is 35.5 Å². The van der Waals surface area contributed by atoms with Gasteiger partial charge in [0.05, 0.1) is 11.2 Å². The number of thiazole rings is 1. The Labute approximate surface area is 97.0 Å². The average molecular weight is 239 g/mol. The van der Waals surface area contributed by atoms with Crippen molar-refractivity contribution in [3.63, 3.8) is 0 Å². The Balaban J connectivity index is 1.70.